The maximum Gasteiger partial charge on any atom is 0.178 e. The number of H-pyrrole nitrogens is 1. The minimum absolute atomic E-state index is 0.0673. The number of hydrogen-bond donors (Lipinski definition) is 2. The first kappa shape index (κ1) is 15.6. The Morgan fingerprint density at radius 3 is 2.61 bits per heavy atom. The zero-order valence-electron chi connectivity index (χ0n) is 13.1. The summed E-state index contributed by atoms with van der Waals surface area (Å²) in [6, 6.07) is 13.1. The second-order valence-corrected chi connectivity index (χ2v) is 7.79. The number of sulfone groups is 1. The molecule has 0 saturated carbocycles. The molecule has 0 amide bonds. The molecule has 1 atom stereocenters. The molecule has 0 saturated heterocycles. The van der Waals surface area contributed by atoms with Gasteiger partial charge in [0.1, 0.15) is 0 Å². The molecule has 0 bridgehead atoms. The van der Waals surface area contributed by atoms with Gasteiger partial charge in [-0.1, -0.05) is 19.1 Å². The number of rotatable bonds is 5. The van der Waals surface area contributed by atoms with E-state index < -0.39 is 9.84 Å². The molecule has 0 fully saturated rings. The Kier molecular flexibility index (Phi) is 4.09. The first-order valence-corrected chi connectivity index (χ1v) is 9.17. The Morgan fingerprint density at radius 1 is 1.17 bits per heavy atom. The summed E-state index contributed by atoms with van der Waals surface area (Å²) in [5, 5.41) is 11.4. The lowest BCUT2D eigenvalue weighted by molar-refractivity contribution is 0.597. The fourth-order valence-electron chi connectivity index (χ4n) is 2.50. The van der Waals surface area contributed by atoms with Crippen molar-refractivity contribution in [3.05, 3.63) is 54.2 Å². The van der Waals surface area contributed by atoms with E-state index in [1.54, 1.807) is 25.3 Å². The predicted molar refractivity (Wildman–Crippen MR) is 92.3 cm³/mol. The lowest BCUT2D eigenvalue weighted by Gasteiger charge is -2.16. The summed E-state index contributed by atoms with van der Waals surface area (Å²) < 4.78 is 23.7. The monoisotopic (exact) mass is 329 g/mol. The summed E-state index contributed by atoms with van der Waals surface area (Å²) >= 11 is 0. The van der Waals surface area contributed by atoms with Crippen LogP contribution in [-0.2, 0) is 9.84 Å². The minimum atomic E-state index is -3.15. The van der Waals surface area contributed by atoms with Crippen molar-refractivity contribution in [1.82, 2.24) is 10.2 Å². The second kappa shape index (κ2) is 6.04. The van der Waals surface area contributed by atoms with Gasteiger partial charge in [0.25, 0.3) is 0 Å². The summed E-state index contributed by atoms with van der Waals surface area (Å²) in [5.41, 5.74) is 3.03. The maximum atomic E-state index is 11.8. The number of hydrogen-bond acceptors (Lipinski definition) is 4. The van der Waals surface area contributed by atoms with Gasteiger partial charge in [0.05, 0.1) is 22.4 Å². The molecule has 0 aliphatic rings. The minimum Gasteiger partial charge on any atom is -0.379 e. The van der Waals surface area contributed by atoms with E-state index in [0.717, 1.165) is 22.2 Å². The third-order valence-electron chi connectivity index (χ3n) is 3.94. The molecule has 0 unspecified atom stereocenters. The van der Waals surface area contributed by atoms with Crippen LogP contribution in [0.3, 0.4) is 0 Å². The summed E-state index contributed by atoms with van der Waals surface area (Å²) in [4.78, 5) is 0.371. The Hall–Kier alpha value is -2.34. The van der Waals surface area contributed by atoms with E-state index in [9.17, 15) is 8.42 Å². The van der Waals surface area contributed by atoms with Crippen molar-refractivity contribution in [1.29, 1.82) is 0 Å². The molecule has 3 aromatic rings. The third kappa shape index (κ3) is 3.22. The molecule has 6 heteroatoms. The molecule has 5 nitrogen and oxygen atoms in total. The molecule has 2 N–H and O–H groups in total. The van der Waals surface area contributed by atoms with Crippen LogP contribution in [0.15, 0.2) is 53.6 Å². The van der Waals surface area contributed by atoms with Crippen LogP contribution < -0.4 is 5.32 Å². The first-order chi connectivity index (χ1) is 11.0. The van der Waals surface area contributed by atoms with E-state index in [2.05, 4.69) is 15.5 Å². The normalized spacial score (nSPS) is 13.1. The molecule has 2 aromatic carbocycles. The Bertz CT molecular complexity index is 914. The fourth-order valence-corrected chi connectivity index (χ4v) is 3.38. The lowest BCUT2D eigenvalue weighted by Crippen LogP contribution is -2.08. The first-order valence-electron chi connectivity index (χ1n) is 7.52. The maximum absolute atomic E-state index is 11.8. The SMILES string of the molecule is CCS(=O)(=O)c1ccc([C@H](C)Nc2ccc3[nH]ncc3c2)cc1. The smallest absolute Gasteiger partial charge is 0.178 e. The lowest BCUT2D eigenvalue weighted by atomic mass is 10.1. The van der Waals surface area contributed by atoms with Crippen LogP contribution in [0.1, 0.15) is 25.5 Å². The molecule has 0 radical (unpaired) electrons. The van der Waals surface area contributed by atoms with Gasteiger partial charge in [-0.25, -0.2) is 8.42 Å². The standard InChI is InChI=1S/C17H19N3O2S/c1-3-23(21,22)16-7-4-13(5-8-16)12(2)19-15-6-9-17-14(10-15)11-18-20-17/h4-12,19H,3H2,1-2H3,(H,18,20)/t12-/m0/s1. The van der Waals surface area contributed by atoms with Crippen molar-refractivity contribution in [3.63, 3.8) is 0 Å². The van der Waals surface area contributed by atoms with Crippen molar-refractivity contribution in [2.45, 2.75) is 24.8 Å². The molecule has 0 spiro atoms. The number of benzene rings is 2. The predicted octanol–water partition coefficient (Wildman–Crippen LogP) is 3.53. The van der Waals surface area contributed by atoms with Crippen molar-refractivity contribution in [3.8, 4) is 0 Å². The van der Waals surface area contributed by atoms with Gasteiger partial charge in [-0.2, -0.15) is 5.10 Å². The van der Waals surface area contributed by atoms with E-state index in [1.165, 1.54) is 0 Å². The van der Waals surface area contributed by atoms with Crippen molar-refractivity contribution < 1.29 is 8.42 Å². The topological polar surface area (TPSA) is 74.8 Å². The van der Waals surface area contributed by atoms with E-state index >= 15 is 0 Å². The number of nitrogens with one attached hydrogen (secondary N) is 2. The number of anilines is 1. The average molecular weight is 329 g/mol. The summed E-state index contributed by atoms with van der Waals surface area (Å²) in [6.45, 7) is 3.70. The van der Waals surface area contributed by atoms with Crippen molar-refractivity contribution >= 4 is 26.4 Å². The zero-order valence-corrected chi connectivity index (χ0v) is 13.9. The number of aromatic nitrogens is 2. The van der Waals surface area contributed by atoms with Gasteiger partial charge in [-0.3, -0.25) is 5.10 Å². The highest BCUT2D eigenvalue weighted by Crippen LogP contribution is 2.23. The van der Waals surface area contributed by atoms with E-state index in [-0.39, 0.29) is 11.8 Å². The summed E-state index contributed by atoms with van der Waals surface area (Å²) in [6.07, 6.45) is 1.79. The molecule has 1 aromatic heterocycles. The van der Waals surface area contributed by atoms with Crippen LogP contribution in [0.25, 0.3) is 10.9 Å². The number of fused-ring (bicyclic) bond motifs is 1. The van der Waals surface area contributed by atoms with E-state index in [0.29, 0.717) is 4.90 Å². The zero-order chi connectivity index (χ0) is 16.4. The van der Waals surface area contributed by atoms with Gasteiger partial charge in [0.15, 0.2) is 9.84 Å². The fraction of sp³-hybridized carbons (Fsp3) is 0.235. The highest BCUT2D eigenvalue weighted by Gasteiger charge is 2.12. The molecule has 23 heavy (non-hydrogen) atoms. The molecular formula is C17H19N3O2S. The highest BCUT2D eigenvalue weighted by atomic mass is 32.2. The second-order valence-electron chi connectivity index (χ2n) is 5.51. The van der Waals surface area contributed by atoms with Crippen molar-refractivity contribution in [2.75, 3.05) is 11.1 Å². The van der Waals surface area contributed by atoms with Crippen LogP contribution in [0.5, 0.6) is 0 Å². The Morgan fingerprint density at radius 2 is 1.91 bits per heavy atom. The largest absolute Gasteiger partial charge is 0.379 e. The average Bonchev–Trinajstić information content (AvgIpc) is 3.02. The van der Waals surface area contributed by atoms with E-state index in [4.69, 9.17) is 0 Å². The van der Waals surface area contributed by atoms with Gasteiger partial charge in [-0.05, 0) is 42.8 Å². The quantitative estimate of drug-likeness (QED) is 0.751. The van der Waals surface area contributed by atoms with Gasteiger partial charge in [0, 0.05) is 17.1 Å². The van der Waals surface area contributed by atoms with Crippen LogP contribution in [0.4, 0.5) is 5.69 Å². The van der Waals surface area contributed by atoms with Crippen LogP contribution in [0, 0.1) is 0 Å². The van der Waals surface area contributed by atoms with E-state index in [1.807, 2.05) is 37.3 Å². The Balaban J connectivity index is 1.78. The summed E-state index contributed by atoms with van der Waals surface area (Å²) in [7, 11) is -3.15. The molecular weight excluding hydrogens is 310 g/mol. The molecule has 3 rings (SSSR count). The van der Waals surface area contributed by atoms with Gasteiger partial charge >= 0.3 is 0 Å². The molecule has 1 heterocycles. The van der Waals surface area contributed by atoms with Gasteiger partial charge in [0.2, 0.25) is 0 Å². The Labute approximate surface area is 135 Å². The highest BCUT2D eigenvalue weighted by molar-refractivity contribution is 7.91. The molecule has 120 valence electrons. The van der Waals surface area contributed by atoms with Crippen LogP contribution >= 0.6 is 0 Å². The molecule has 0 aliphatic carbocycles. The van der Waals surface area contributed by atoms with Crippen molar-refractivity contribution in [2.24, 2.45) is 0 Å². The number of nitrogens with zero attached hydrogens (tertiary/aromatic N) is 1. The van der Waals surface area contributed by atoms with Crippen LogP contribution in [0.2, 0.25) is 0 Å². The summed E-state index contributed by atoms with van der Waals surface area (Å²) in [5.74, 6) is 0.116. The number of aromatic amines is 1. The third-order valence-corrected chi connectivity index (χ3v) is 5.69. The van der Waals surface area contributed by atoms with Crippen LogP contribution in [-0.4, -0.2) is 24.4 Å². The van der Waals surface area contributed by atoms with Gasteiger partial charge in [-0.15, -0.1) is 0 Å². The van der Waals surface area contributed by atoms with Gasteiger partial charge < -0.3 is 5.32 Å². The molecule has 0 aliphatic heterocycles.